The number of hydrogen-bond acceptors (Lipinski definition) is 4. The Kier molecular flexibility index (Phi) is 4.62. The molecule has 14 heavy (non-hydrogen) atoms. The van der Waals surface area contributed by atoms with Crippen molar-refractivity contribution in [2.45, 2.75) is 25.3 Å². The number of ether oxygens (including phenoxy) is 1. The number of rotatable bonds is 5. The number of carbonyl (C=O) groups is 1. The van der Waals surface area contributed by atoms with Gasteiger partial charge in [0.1, 0.15) is 6.04 Å². The zero-order valence-electron chi connectivity index (χ0n) is 8.23. The van der Waals surface area contributed by atoms with E-state index in [-0.39, 0.29) is 5.97 Å². The van der Waals surface area contributed by atoms with E-state index in [1.165, 1.54) is 12.0 Å². The first-order valence-corrected chi connectivity index (χ1v) is 5.48. The number of carbonyl (C=O) groups excluding carboxylic acids is 1. The summed E-state index contributed by atoms with van der Waals surface area (Å²) in [5.74, 6) is -0.323. The van der Waals surface area contributed by atoms with Gasteiger partial charge in [-0.3, -0.25) is 4.79 Å². The molecule has 1 rings (SSSR count). The second-order valence-electron chi connectivity index (χ2n) is 3.10. The van der Waals surface area contributed by atoms with Gasteiger partial charge in [-0.25, -0.2) is 0 Å². The van der Waals surface area contributed by atoms with Crippen LogP contribution < -0.4 is 5.73 Å². The summed E-state index contributed by atoms with van der Waals surface area (Å²) >= 11 is 1.73. The SMILES string of the molecule is COC(=O)C(N)CCCc1cccs1. The van der Waals surface area contributed by atoms with Crippen molar-refractivity contribution >= 4 is 17.3 Å². The summed E-state index contributed by atoms with van der Waals surface area (Å²) in [5.41, 5.74) is 5.60. The predicted molar refractivity (Wildman–Crippen MR) is 57.2 cm³/mol. The van der Waals surface area contributed by atoms with E-state index in [0.29, 0.717) is 6.42 Å². The fourth-order valence-corrected chi connectivity index (χ4v) is 1.97. The number of thiophene rings is 1. The highest BCUT2D eigenvalue weighted by Gasteiger charge is 2.12. The van der Waals surface area contributed by atoms with Crippen molar-refractivity contribution in [1.29, 1.82) is 0 Å². The van der Waals surface area contributed by atoms with Crippen molar-refractivity contribution in [1.82, 2.24) is 0 Å². The average molecular weight is 213 g/mol. The molecule has 0 aliphatic heterocycles. The van der Waals surface area contributed by atoms with Crippen molar-refractivity contribution in [3.05, 3.63) is 22.4 Å². The van der Waals surface area contributed by atoms with E-state index in [1.54, 1.807) is 11.3 Å². The first kappa shape index (κ1) is 11.2. The molecule has 1 atom stereocenters. The minimum atomic E-state index is -0.472. The summed E-state index contributed by atoms with van der Waals surface area (Å²) in [6.45, 7) is 0. The summed E-state index contributed by atoms with van der Waals surface area (Å²) in [6, 6.07) is 3.65. The summed E-state index contributed by atoms with van der Waals surface area (Å²) in [6.07, 6.45) is 2.60. The van der Waals surface area contributed by atoms with Gasteiger partial charge < -0.3 is 10.5 Å². The molecule has 0 amide bonds. The van der Waals surface area contributed by atoms with Gasteiger partial charge in [0, 0.05) is 4.88 Å². The Morgan fingerprint density at radius 2 is 2.50 bits per heavy atom. The summed E-state index contributed by atoms with van der Waals surface area (Å²) in [4.78, 5) is 12.3. The Labute approximate surface area is 87.9 Å². The summed E-state index contributed by atoms with van der Waals surface area (Å²) < 4.78 is 4.54. The molecular formula is C10H15NO2S. The second-order valence-corrected chi connectivity index (χ2v) is 4.13. The largest absolute Gasteiger partial charge is 0.468 e. The molecule has 3 nitrogen and oxygen atoms in total. The molecule has 1 aromatic heterocycles. The molecule has 1 unspecified atom stereocenters. The van der Waals surface area contributed by atoms with E-state index in [2.05, 4.69) is 16.2 Å². The lowest BCUT2D eigenvalue weighted by Crippen LogP contribution is -2.31. The van der Waals surface area contributed by atoms with Gasteiger partial charge in [-0.1, -0.05) is 6.07 Å². The van der Waals surface area contributed by atoms with Crippen LogP contribution in [0.4, 0.5) is 0 Å². The summed E-state index contributed by atoms with van der Waals surface area (Å²) in [7, 11) is 1.36. The fourth-order valence-electron chi connectivity index (χ4n) is 1.22. The van der Waals surface area contributed by atoms with Crippen LogP contribution in [0.3, 0.4) is 0 Å². The predicted octanol–water partition coefficient (Wildman–Crippen LogP) is 1.57. The third-order valence-corrected chi connectivity index (χ3v) is 2.96. The minimum absolute atomic E-state index is 0.323. The molecule has 0 radical (unpaired) electrons. The van der Waals surface area contributed by atoms with Crippen LogP contribution in [-0.2, 0) is 16.0 Å². The average Bonchev–Trinajstić information content (AvgIpc) is 2.69. The second kappa shape index (κ2) is 5.78. The van der Waals surface area contributed by atoms with E-state index in [9.17, 15) is 4.79 Å². The van der Waals surface area contributed by atoms with Gasteiger partial charge in [-0.15, -0.1) is 11.3 Å². The van der Waals surface area contributed by atoms with Gasteiger partial charge >= 0.3 is 5.97 Å². The fraction of sp³-hybridized carbons (Fsp3) is 0.500. The van der Waals surface area contributed by atoms with Gasteiger partial charge in [-0.2, -0.15) is 0 Å². The maximum atomic E-state index is 11.0. The highest BCUT2D eigenvalue weighted by atomic mass is 32.1. The Balaban J connectivity index is 2.18. The van der Waals surface area contributed by atoms with Gasteiger partial charge in [0.05, 0.1) is 7.11 Å². The topological polar surface area (TPSA) is 52.3 Å². The normalized spacial score (nSPS) is 12.4. The minimum Gasteiger partial charge on any atom is -0.468 e. The molecule has 1 heterocycles. The first-order chi connectivity index (χ1) is 6.74. The molecule has 4 heteroatoms. The quantitative estimate of drug-likeness (QED) is 0.755. The van der Waals surface area contributed by atoms with Crippen molar-refractivity contribution in [2.75, 3.05) is 7.11 Å². The van der Waals surface area contributed by atoms with Gasteiger partial charge in [0.15, 0.2) is 0 Å². The maximum absolute atomic E-state index is 11.0. The molecule has 1 aromatic rings. The number of hydrogen-bond donors (Lipinski definition) is 1. The maximum Gasteiger partial charge on any atom is 0.322 e. The number of aryl methyl sites for hydroxylation is 1. The van der Waals surface area contributed by atoms with E-state index in [0.717, 1.165) is 12.8 Å². The van der Waals surface area contributed by atoms with E-state index in [1.807, 2.05) is 6.07 Å². The molecular weight excluding hydrogens is 198 g/mol. The number of esters is 1. The molecule has 0 bridgehead atoms. The van der Waals surface area contributed by atoms with Crippen LogP contribution in [0, 0.1) is 0 Å². The van der Waals surface area contributed by atoms with Crippen LogP contribution in [0.15, 0.2) is 17.5 Å². The van der Waals surface area contributed by atoms with Crippen molar-refractivity contribution in [2.24, 2.45) is 5.73 Å². The van der Waals surface area contributed by atoms with E-state index < -0.39 is 6.04 Å². The highest BCUT2D eigenvalue weighted by molar-refractivity contribution is 7.09. The Hall–Kier alpha value is -0.870. The molecule has 0 saturated heterocycles. The molecule has 0 aliphatic carbocycles. The van der Waals surface area contributed by atoms with E-state index in [4.69, 9.17) is 5.73 Å². The third kappa shape index (κ3) is 3.47. The lowest BCUT2D eigenvalue weighted by molar-refractivity contribution is -0.142. The van der Waals surface area contributed by atoms with Crippen molar-refractivity contribution in [3.8, 4) is 0 Å². The molecule has 0 saturated carbocycles. The molecule has 2 N–H and O–H groups in total. The van der Waals surface area contributed by atoms with Crippen molar-refractivity contribution < 1.29 is 9.53 Å². The lowest BCUT2D eigenvalue weighted by atomic mass is 10.1. The number of methoxy groups -OCH3 is 1. The van der Waals surface area contributed by atoms with Crippen LogP contribution in [0.25, 0.3) is 0 Å². The molecule has 0 fully saturated rings. The smallest absolute Gasteiger partial charge is 0.322 e. The molecule has 0 aliphatic rings. The lowest BCUT2D eigenvalue weighted by Gasteiger charge is -2.07. The standard InChI is InChI=1S/C10H15NO2S/c1-13-10(12)9(11)6-2-4-8-5-3-7-14-8/h3,5,7,9H,2,4,6,11H2,1H3. The molecule has 0 spiro atoms. The van der Waals surface area contributed by atoms with Crippen LogP contribution >= 0.6 is 11.3 Å². The highest BCUT2D eigenvalue weighted by Crippen LogP contribution is 2.12. The van der Waals surface area contributed by atoms with Gasteiger partial charge in [0.25, 0.3) is 0 Å². The Morgan fingerprint density at radius 1 is 1.71 bits per heavy atom. The number of nitrogens with two attached hydrogens (primary N) is 1. The zero-order valence-corrected chi connectivity index (χ0v) is 9.05. The van der Waals surface area contributed by atoms with Gasteiger partial charge in [0.2, 0.25) is 0 Å². The monoisotopic (exact) mass is 213 g/mol. The van der Waals surface area contributed by atoms with Crippen LogP contribution in [0.1, 0.15) is 17.7 Å². The molecule has 0 aromatic carbocycles. The van der Waals surface area contributed by atoms with Crippen LogP contribution in [0.2, 0.25) is 0 Å². The van der Waals surface area contributed by atoms with Crippen LogP contribution in [-0.4, -0.2) is 19.1 Å². The van der Waals surface area contributed by atoms with Gasteiger partial charge in [-0.05, 0) is 30.7 Å². The van der Waals surface area contributed by atoms with Crippen molar-refractivity contribution in [3.63, 3.8) is 0 Å². The Bertz CT molecular complexity index is 272. The molecule has 78 valence electrons. The zero-order chi connectivity index (χ0) is 10.4. The summed E-state index contributed by atoms with van der Waals surface area (Å²) in [5, 5.41) is 2.05. The first-order valence-electron chi connectivity index (χ1n) is 4.60. The Morgan fingerprint density at radius 3 is 3.07 bits per heavy atom. The third-order valence-electron chi connectivity index (χ3n) is 2.02. The van der Waals surface area contributed by atoms with E-state index >= 15 is 0 Å². The van der Waals surface area contributed by atoms with Crippen LogP contribution in [0.5, 0.6) is 0 Å².